The Kier molecular flexibility index (Phi) is 2.92. The molecule has 0 aliphatic heterocycles. The van der Waals surface area contributed by atoms with Gasteiger partial charge in [-0.05, 0) is 24.5 Å². The van der Waals surface area contributed by atoms with Gasteiger partial charge in [0.2, 0.25) is 5.91 Å². The lowest BCUT2D eigenvalue weighted by atomic mass is 10.1. The summed E-state index contributed by atoms with van der Waals surface area (Å²) < 4.78 is 5.19. The van der Waals surface area contributed by atoms with Crippen LogP contribution in [-0.4, -0.2) is 17.0 Å². The monoisotopic (exact) mass is 251 g/mol. The van der Waals surface area contributed by atoms with E-state index in [1.54, 1.807) is 32.2 Å². The standard InChI is InChI=1S/C13H17NO4/c1-7(8-5-4-6-18-8)14-11(15)9-10(12(16)17)13(9,2)3/h4-7,9-10H,1-3H3,(H,14,15)(H,16,17)/t7-,9-,10+/m1/s1. The molecule has 2 N–H and O–H groups in total. The third-order valence-corrected chi connectivity index (χ3v) is 3.70. The minimum Gasteiger partial charge on any atom is -0.481 e. The first-order chi connectivity index (χ1) is 8.35. The van der Waals surface area contributed by atoms with Crippen LogP contribution in [0.5, 0.6) is 0 Å². The van der Waals surface area contributed by atoms with Crippen molar-refractivity contribution < 1.29 is 19.1 Å². The Morgan fingerprint density at radius 3 is 2.56 bits per heavy atom. The van der Waals surface area contributed by atoms with Crippen molar-refractivity contribution in [1.29, 1.82) is 0 Å². The second kappa shape index (κ2) is 4.15. The highest BCUT2D eigenvalue weighted by Gasteiger charge is 2.65. The Hall–Kier alpha value is -1.78. The number of nitrogens with one attached hydrogen (secondary N) is 1. The second-order valence-electron chi connectivity index (χ2n) is 5.36. The van der Waals surface area contributed by atoms with Crippen LogP contribution in [0.4, 0.5) is 0 Å². The number of carboxylic acid groups (broad SMARTS) is 1. The molecule has 2 rings (SSSR count). The van der Waals surface area contributed by atoms with Crippen LogP contribution in [0.15, 0.2) is 22.8 Å². The largest absolute Gasteiger partial charge is 0.481 e. The summed E-state index contributed by atoms with van der Waals surface area (Å²) in [6, 6.07) is 3.27. The Morgan fingerprint density at radius 1 is 1.44 bits per heavy atom. The summed E-state index contributed by atoms with van der Waals surface area (Å²) in [6.07, 6.45) is 1.54. The van der Waals surface area contributed by atoms with Gasteiger partial charge in [0.05, 0.1) is 24.1 Å². The molecule has 3 atom stereocenters. The lowest BCUT2D eigenvalue weighted by Gasteiger charge is -2.11. The Morgan fingerprint density at radius 2 is 2.11 bits per heavy atom. The lowest BCUT2D eigenvalue weighted by molar-refractivity contribution is -0.140. The van der Waals surface area contributed by atoms with Crippen LogP contribution in [0.1, 0.15) is 32.6 Å². The third-order valence-electron chi connectivity index (χ3n) is 3.70. The molecule has 1 aliphatic rings. The fraction of sp³-hybridized carbons (Fsp3) is 0.538. The van der Waals surface area contributed by atoms with Crippen molar-refractivity contribution in [2.45, 2.75) is 26.8 Å². The highest BCUT2D eigenvalue weighted by Crippen LogP contribution is 2.58. The summed E-state index contributed by atoms with van der Waals surface area (Å²) in [5.74, 6) is -1.54. The van der Waals surface area contributed by atoms with Crippen molar-refractivity contribution in [3.8, 4) is 0 Å². The van der Waals surface area contributed by atoms with Crippen molar-refractivity contribution >= 4 is 11.9 Å². The molecule has 5 nitrogen and oxygen atoms in total. The van der Waals surface area contributed by atoms with Gasteiger partial charge in [-0.3, -0.25) is 9.59 Å². The molecular formula is C13H17NO4. The van der Waals surface area contributed by atoms with E-state index in [2.05, 4.69) is 5.32 Å². The molecular weight excluding hydrogens is 234 g/mol. The zero-order valence-corrected chi connectivity index (χ0v) is 10.6. The highest BCUT2D eigenvalue weighted by atomic mass is 16.4. The van der Waals surface area contributed by atoms with Gasteiger partial charge in [0, 0.05) is 0 Å². The molecule has 18 heavy (non-hydrogen) atoms. The van der Waals surface area contributed by atoms with Gasteiger partial charge in [-0.25, -0.2) is 0 Å². The maximum absolute atomic E-state index is 12.0. The molecule has 1 aliphatic carbocycles. The Bertz CT molecular complexity index is 463. The van der Waals surface area contributed by atoms with E-state index < -0.39 is 23.2 Å². The van der Waals surface area contributed by atoms with Gasteiger partial charge < -0.3 is 14.8 Å². The van der Waals surface area contributed by atoms with Crippen LogP contribution in [0, 0.1) is 17.3 Å². The number of rotatable bonds is 4. The molecule has 5 heteroatoms. The topological polar surface area (TPSA) is 79.5 Å². The Balaban J connectivity index is 2.00. The summed E-state index contributed by atoms with van der Waals surface area (Å²) in [5, 5.41) is 11.8. The quantitative estimate of drug-likeness (QED) is 0.855. The molecule has 0 radical (unpaired) electrons. The summed E-state index contributed by atoms with van der Waals surface area (Å²) >= 11 is 0. The first-order valence-corrected chi connectivity index (χ1v) is 5.92. The molecule has 1 amide bonds. The van der Waals surface area contributed by atoms with E-state index in [0.717, 1.165) is 0 Å². The predicted molar refractivity (Wildman–Crippen MR) is 63.7 cm³/mol. The molecule has 0 saturated heterocycles. The fourth-order valence-electron chi connectivity index (χ4n) is 2.50. The summed E-state index contributed by atoms with van der Waals surface area (Å²) in [4.78, 5) is 23.0. The van der Waals surface area contributed by atoms with Crippen LogP contribution < -0.4 is 5.32 Å². The smallest absolute Gasteiger partial charge is 0.307 e. The molecule has 1 aromatic heterocycles. The molecule has 0 unspecified atom stereocenters. The van der Waals surface area contributed by atoms with Crippen LogP contribution >= 0.6 is 0 Å². The number of furan rings is 1. The van der Waals surface area contributed by atoms with Crippen LogP contribution in [0.2, 0.25) is 0 Å². The summed E-state index contributed by atoms with van der Waals surface area (Å²) in [6.45, 7) is 5.41. The minimum atomic E-state index is -0.911. The number of carbonyl (C=O) groups excluding carboxylic acids is 1. The zero-order chi connectivity index (χ0) is 13.5. The average Bonchev–Trinajstić information content (AvgIpc) is 2.67. The number of aliphatic carboxylic acids is 1. The number of hydrogen-bond donors (Lipinski definition) is 2. The van der Waals surface area contributed by atoms with Gasteiger partial charge in [0.1, 0.15) is 5.76 Å². The zero-order valence-electron chi connectivity index (χ0n) is 10.6. The predicted octanol–water partition coefficient (Wildman–Crippen LogP) is 1.81. The van der Waals surface area contributed by atoms with E-state index in [-0.39, 0.29) is 11.9 Å². The normalized spacial score (nSPS) is 26.4. The van der Waals surface area contributed by atoms with Crippen molar-refractivity contribution in [1.82, 2.24) is 5.32 Å². The second-order valence-corrected chi connectivity index (χ2v) is 5.36. The van der Waals surface area contributed by atoms with Crippen molar-refractivity contribution in [2.75, 3.05) is 0 Å². The summed E-state index contributed by atoms with van der Waals surface area (Å²) in [5.41, 5.74) is -0.473. The lowest BCUT2D eigenvalue weighted by Crippen LogP contribution is -2.29. The maximum Gasteiger partial charge on any atom is 0.307 e. The van der Waals surface area contributed by atoms with Crippen molar-refractivity contribution in [3.05, 3.63) is 24.2 Å². The van der Waals surface area contributed by atoms with E-state index >= 15 is 0 Å². The molecule has 0 bridgehead atoms. The van der Waals surface area contributed by atoms with Gasteiger partial charge in [-0.2, -0.15) is 0 Å². The van der Waals surface area contributed by atoms with Crippen molar-refractivity contribution in [2.24, 2.45) is 17.3 Å². The number of carboxylic acids is 1. The molecule has 1 fully saturated rings. The van der Waals surface area contributed by atoms with E-state index in [4.69, 9.17) is 9.52 Å². The summed E-state index contributed by atoms with van der Waals surface area (Å²) in [7, 11) is 0. The number of amides is 1. The molecule has 1 heterocycles. The maximum atomic E-state index is 12.0. The van der Waals surface area contributed by atoms with E-state index in [1.807, 2.05) is 6.92 Å². The van der Waals surface area contributed by atoms with Gasteiger partial charge in [-0.1, -0.05) is 13.8 Å². The van der Waals surface area contributed by atoms with Gasteiger partial charge in [0.25, 0.3) is 0 Å². The highest BCUT2D eigenvalue weighted by molar-refractivity contribution is 5.91. The van der Waals surface area contributed by atoms with Gasteiger partial charge >= 0.3 is 5.97 Å². The van der Waals surface area contributed by atoms with Crippen LogP contribution in [-0.2, 0) is 9.59 Å². The fourth-order valence-corrected chi connectivity index (χ4v) is 2.50. The molecule has 1 aromatic rings. The molecule has 98 valence electrons. The SMILES string of the molecule is C[C@@H](NC(=O)[C@H]1[C@@H](C(=O)O)C1(C)C)c1ccco1. The van der Waals surface area contributed by atoms with E-state index in [0.29, 0.717) is 5.76 Å². The first kappa shape index (κ1) is 12.7. The van der Waals surface area contributed by atoms with Gasteiger partial charge in [-0.15, -0.1) is 0 Å². The molecule has 0 aromatic carbocycles. The number of carbonyl (C=O) groups is 2. The Labute approximate surface area is 105 Å². The van der Waals surface area contributed by atoms with Crippen LogP contribution in [0.3, 0.4) is 0 Å². The molecule has 1 saturated carbocycles. The molecule has 0 spiro atoms. The minimum absolute atomic E-state index is 0.226. The van der Waals surface area contributed by atoms with E-state index in [1.165, 1.54) is 0 Å². The van der Waals surface area contributed by atoms with Crippen LogP contribution in [0.25, 0.3) is 0 Å². The first-order valence-electron chi connectivity index (χ1n) is 5.92. The van der Waals surface area contributed by atoms with Crippen molar-refractivity contribution in [3.63, 3.8) is 0 Å². The third kappa shape index (κ3) is 2.00. The number of hydrogen-bond acceptors (Lipinski definition) is 3. The van der Waals surface area contributed by atoms with E-state index in [9.17, 15) is 9.59 Å². The average molecular weight is 251 g/mol. The van der Waals surface area contributed by atoms with Gasteiger partial charge in [0.15, 0.2) is 0 Å².